The van der Waals surface area contributed by atoms with E-state index in [1.54, 1.807) is 0 Å². The number of nitro groups is 1. The fourth-order valence-corrected chi connectivity index (χ4v) is 3.82. The first-order valence-electron chi connectivity index (χ1n) is 6.14. The number of rotatable bonds is 7. The van der Waals surface area contributed by atoms with Crippen LogP contribution in [0.5, 0.6) is 0 Å². The maximum atomic E-state index is 12.1. The molecule has 1 aromatic rings. The number of thiophene rings is 1. The summed E-state index contributed by atoms with van der Waals surface area (Å²) in [6.45, 7) is 6.27. The van der Waals surface area contributed by atoms with Crippen molar-refractivity contribution < 1.29 is 13.3 Å². The van der Waals surface area contributed by atoms with Crippen LogP contribution < -0.4 is 10.0 Å². The van der Waals surface area contributed by atoms with Gasteiger partial charge in [0.15, 0.2) is 5.00 Å². The van der Waals surface area contributed by atoms with Crippen LogP contribution in [0.1, 0.15) is 20.8 Å². The van der Waals surface area contributed by atoms with Crippen molar-refractivity contribution in [2.24, 2.45) is 11.8 Å². The maximum Gasteiger partial charge on any atom is 0.304 e. The molecule has 0 radical (unpaired) electrons. The molecule has 0 saturated carbocycles. The molecule has 0 aliphatic heterocycles. The summed E-state index contributed by atoms with van der Waals surface area (Å²) in [5, 5.41) is 13.7. The van der Waals surface area contributed by atoms with E-state index in [1.165, 1.54) is 7.05 Å². The average molecular weight is 321 g/mol. The summed E-state index contributed by atoms with van der Waals surface area (Å²) in [7, 11) is -2.19. The zero-order valence-corrected chi connectivity index (χ0v) is 13.5. The maximum absolute atomic E-state index is 12.1. The van der Waals surface area contributed by atoms with Crippen LogP contribution in [0.2, 0.25) is 0 Å². The van der Waals surface area contributed by atoms with Gasteiger partial charge >= 0.3 is 5.69 Å². The highest BCUT2D eigenvalue weighted by Crippen LogP contribution is 2.36. The molecule has 9 heteroatoms. The first-order chi connectivity index (χ1) is 9.19. The number of hydrogen-bond donors (Lipinski definition) is 2. The third-order valence-corrected chi connectivity index (χ3v) is 6.15. The lowest BCUT2D eigenvalue weighted by Gasteiger charge is -2.15. The van der Waals surface area contributed by atoms with E-state index in [1.807, 2.05) is 20.8 Å². The molecule has 0 aliphatic carbocycles. The minimum absolute atomic E-state index is 0.0514. The largest absolute Gasteiger partial charge is 0.374 e. The van der Waals surface area contributed by atoms with Gasteiger partial charge in [0.1, 0.15) is 4.21 Å². The summed E-state index contributed by atoms with van der Waals surface area (Å²) in [5.41, 5.74) is -0.227. The lowest BCUT2D eigenvalue weighted by molar-refractivity contribution is -0.383. The highest BCUT2D eigenvalue weighted by Gasteiger charge is 2.26. The van der Waals surface area contributed by atoms with Crippen LogP contribution in [0, 0.1) is 22.0 Å². The Bertz CT molecular complexity index is 580. The predicted molar refractivity (Wildman–Crippen MR) is 79.7 cm³/mol. The molecule has 0 amide bonds. The fourth-order valence-electron chi connectivity index (χ4n) is 1.35. The van der Waals surface area contributed by atoms with E-state index in [2.05, 4.69) is 10.0 Å². The van der Waals surface area contributed by atoms with Gasteiger partial charge in [-0.25, -0.2) is 13.1 Å². The van der Waals surface area contributed by atoms with Crippen molar-refractivity contribution in [1.29, 1.82) is 0 Å². The molecule has 7 nitrogen and oxygen atoms in total. The standard InChI is InChI=1S/C11H19N3O4S2/c1-7(2)8(3)6-13-20(17,18)10-5-9(14(15)16)11(12-4)19-10/h5,7-8,12-13H,6H2,1-4H3. The van der Waals surface area contributed by atoms with Crippen LogP contribution in [-0.2, 0) is 10.0 Å². The van der Waals surface area contributed by atoms with Gasteiger partial charge in [-0.2, -0.15) is 0 Å². The van der Waals surface area contributed by atoms with Gasteiger partial charge in [0.05, 0.1) is 4.92 Å². The molecular weight excluding hydrogens is 302 g/mol. The van der Waals surface area contributed by atoms with Crippen molar-refractivity contribution in [1.82, 2.24) is 4.72 Å². The summed E-state index contributed by atoms with van der Waals surface area (Å²) < 4.78 is 26.7. The van der Waals surface area contributed by atoms with Crippen LogP contribution in [0.3, 0.4) is 0 Å². The highest BCUT2D eigenvalue weighted by molar-refractivity contribution is 7.91. The van der Waals surface area contributed by atoms with Crippen molar-refractivity contribution >= 4 is 32.0 Å². The Morgan fingerprint density at radius 2 is 2.00 bits per heavy atom. The molecule has 0 saturated heterocycles. The minimum atomic E-state index is -3.71. The Morgan fingerprint density at radius 1 is 1.40 bits per heavy atom. The normalized spacial score (nSPS) is 13.4. The van der Waals surface area contributed by atoms with E-state index in [0.29, 0.717) is 12.5 Å². The van der Waals surface area contributed by atoms with E-state index in [4.69, 9.17) is 0 Å². The Morgan fingerprint density at radius 3 is 2.40 bits per heavy atom. The average Bonchev–Trinajstić information content (AvgIpc) is 2.80. The molecular formula is C11H19N3O4S2. The predicted octanol–water partition coefficient (Wildman–Crippen LogP) is 2.27. The van der Waals surface area contributed by atoms with Crippen LogP contribution in [-0.4, -0.2) is 26.9 Å². The first kappa shape index (κ1) is 16.9. The number of nitrogens with one attached hydrogen (secondary N) is 2. The molecule has 0 aromatic carbocycles. The van der Waals surface area contributed by atoms with Crippen molar-refractivity contribution in [2.75, 3.05) is 18.9 Å². The van der Waals surface area contributed by atoms with Crippen molar-refractivity contribution in [3.05, 3.63) is 16.2 Å². The molecule has 0 aliphatic rings. The SMILES string of the molecule is CNc1sc(S(=O)(=O)NCC(C)C(C)C)cc1[N+](=O)[O-]. The van der Waals surface area contributed by atoms with E-state index >= 15 is 0 Å². The van der Waals surface area contributed by atoms with E-state index in [0.717, 1.165) is 17.4 Å². The third-order valence-electron chi connectivity index (χ3n) is 3.11. The van der Waals surface area contributed by atoms with Gasteiger partial charge in [0.25, 0.3) is 0 Å². The second kappa shape index (κ2) is 6.51. The molecule has 20 heavy (non-hydrogen) atoms. The molecule has 114 valence electrons. The molecule has 0 spiro atoms. The topological polar surface area (TPSA) is 101 Å². The summed E-state index contributed by atoms with van der Waals surface area (Å²) in [4.78, 5) is 10.2. The fraction of sp³-hybridized carbons (Fsp3) is 0.636. The number of nitrogens with zero attached hydrogens (tertiary/aromatic N) is 1. The van der Waals surface area contributed by atoms with Gasteiger partial charge in [-0.15, -0.1) is 0 Å². The summed E-state index contributed by atoms with van der Waals surface area (Å²) >= 11 is 0.852. The molecule has 1 unspecified atom stereocenters. The number of sulfonamides is 1. The van der Waals surface area contributed by atoms with Gasteiger partial charge in [0, 0.05) is 19.7 Å². The Labute approximate surface area is 122 Å². The molecule has 1 aromatic heterocycles. The van der Waals surface area contributed by atoms with Gasteiger partial charge < -0.3 is 5.32 Å². The van der Waals surface area contributed by atoms with Crippen LogP contribution in [0.4, 0.5) is 10.7 Å². The van der Waals surface area contributed by atoms with Crippen LogP contribution in [0.15, 0.2) is 10.3 Å². The van der Waals surface area contributed by atoms with Gasteiger partial charge in [-0.3, -0.25) is 10.1 Å². The van der Waals surface area contributed by atoms with Crippen molar-refractivity contribution in [2.45, 2.75) is 25.0 Å². The molecule has 0 bridgehead atoms. The first-order valence-corrected chi connectivity index (χ1v) is 8.44. The lowest BCUT2D eigenvalue weighted by Crippen LogP contribution is -2.29. The summed E-state index contributed by atoms with van der Waals surface area (Å²) in [6, 6.07) is 1.08. The van der Waals surface area contributed by atoms with E-state index in [-0.39, 0.29) is 20.8 Å². The molecule has 1 heterocycles. The van der Waals surface area contributed by atoms with Crippen LogP contribution >= 0.6 is 11.3 Å². The Kier molecular flexibility index (Phi) is 5.49. The van der Waals surface area contributed by atoms with Gasteiger partial charge in [0.2, 0.25) is 10.0 Å². The monoisotopic (exact) mass is 321 g/mol. The zero-order valence-electron chi connectivity index (χ0n) is 11.8. The molecule has 1 rings (SSSR count). The Hall–Kier alpha value is -1.19. The number of hydrogen-bond acceptors (Lipinski definition) is 6. The smallest absolute Gasteiger partial charge is 0.304 e. The van der Waals surface area contributed by atoms with Crippen molar-refractivity contribution in [3.63, 3.8) is 0 Å². The van der Waals surface area contributed by atoms with Gasteiger partial charge in [-0.05, 0) is 11.8 Å². The molecule has 1 atom stereocenters. The summed E-state index contributed by atoms with van der Waals surface area (Å²) in [6.07, 6.45) is 0. The Balaban J connectivity index is 2.96. The quantitative estimate of drug-likeness (QED) is 0.592. The number of anilines is 1. The van der Waals surface area contributed by atoms with E-state index in [9.17, 15) is 18.5 Å². The van der Waals surface area contributed by atoms with E-state index < -0.39 is 14.9 Å². The van der Waals surface area contributed by atoms with Gasteiger partial charge in [-0.1, -0.05) is 32.1 Å². The lowest BCUT2D eigenvalue weighted by atomic mass is 9.99. The third kappa shape index (κ3) is 3.90. The highest BCUT2D eigenvalue weighted by atomic mass is 32.2. The van der Waals surface area contributed by atoms with Crippen molar-refractivity contribution in [3.8, 4) is 0 Å². The molecule has 0 fully saturated rings. The second-order valence-corrected chi connectivity index (χ2v) is 7.91. The van der Waals surface area contributed by atoms with Crippen LogP contribution in [0.25, 0.3) is 0 Å². The molecule has 2 N–H and O–H groups in total. The summed E-state index contributed by atoms with van der Waals surface area (Å²) in [5.74, 6) is 0.534. The second-order valence-electron chi connectivity index (χ2n) is 4.86. The minimum Gasteiger partial charge on any atom is -0.374 e. The zero-order chi connectivity index (χ0) is 15.5.